The summed E-state index contributed by atoms with van der Waals surface area (Å²) in [6.07, 6.45) is 0.188. The summed E-state index contributed by atoms with van der Waals surface area (Å²) < 4.78 is 4.58. The smallest absolute Gasteiger partial charge is 0.355 e. The molecule has 1 amide bonds. The third-order valence-electron chi connectivity index (χ3n) is 2.73. The molecule has 0 aliphatic carbocycles. The molecule has 6 nitrogen and oxygen atoms in total. The molecular weight excluding hydrogens is 280 g/mol. The van der Waals surface area contributed by atoms with Gasteiger partial charge in [-0.05, 0) is 12.1 Å². The van der Waals surface area contributed by atoms with Gasteiger partial charge in [-0.1, -0.05) is 17.3 Å². The summed E-state index contributed by atoms with van der Waals surface area (Å²) >= 11 is 1.44. The van der Waals surface area contributed by atoms with Crippen LogP contribution in [0.5, 0.6) is 0 Å². The number of rotatable bonds is 5. The average Bonchev–Trinajstić information content (AvgIpc) is 2.93. The van der Waals surface area contributed by atoms with Gasteiger partial charge < -0.3 is 15.3 Å². The summed E-state index contributed by atoms with van der Waals surface area (Å²) in [6, 6.07) is 7.09. The number of carbonyl (C=O) groups is 2. The van der Waals surface area contributed by atoms with Gasteiger partial charge in [0.25, 0.3) is 0 Å². The molecule has 0 saturated carbocycles. The van der Waals surface area contributed by atoms with Crippen LogP contribution in [0.1, 0.15) is 16.8 Å². The summed E-state index contributed by atoms with van der Waals surface area (Å²) in [7, 11) is 1.30. The summed E-state index contributed by atoms with van der Waals surface area (Å²) in [5, 5.41) is 3.69. The number of thioether (sulfide) groups is 1. The predicted octanol–water partition coefficient (Wildman–Crippen LogP) is 1.20. The van der Waals surface area contributed by atoms with E-state index < -0.39 is 11.9 Å². The maximum Gasteiger partial charge on any atom is 0.355 e. The van der Waals surface area contributed by atoms with E-state index >= 15 is 0 Å². The van der Waals surface area contributed by atoms with E-state index in [-0.39, 0.29) is 11.8 Å². The maximum absolute atomic E-state index is 11.3. The van der Waals surface area contributed by atoms with Gasteiger partial charge in [-0.25, -0.2) is 4.79 Å². The van der Waals surface area contributed by atoms with Gasteiger partial charge >= 0.3 is 5.97 Å². The summed E-state index contributed by atoms with van der Waals surface area (Å²) in [6.45, 7) is 0. The number of esters is 1. The number of nitrogens with two attached hydrogens (primary N) is 1. The number of oxime groups is 1. The minimum Gasteiger partial charge on any atom is -0.464 e. The Morgan fingerprint density at radius 3 is 2.95 bits per heavy atom. The van der Waals surface area contributed by atoms with E-state index in [9.17, 15) is 9.59 Å². The molecule has 0 radical (unpaired) electrons. The SMILES string of the molecule is COC(=O)C1=NOC(CSc2ccccc2C(N)=O)C1. The molecule has 1 unspecified atom stereocenters. The molecule has 0 spiro atoms. The van der Waals surface area contributed by atoms with Crippen molar-refractivity contribution in [1.29, 1.82) is 0 Å². The van der Waals surface area contributed by atoms with Crippen LogP contribution < -0.4 is 5.73 Å². The Kier molecular flexibility index (Phi) is 4.62. The first-order chi connectivity index (χ1) is 9.61. The molecule has 0 bridgehead atoms. The molecular formula is C13H14N2O4S. The number of amides is 1. The molecule has 20 heavy (non-hydrogen) atoms. The van der Waals surface area contributed by atoms with E-state index in [1.165, 1.54) is 18.9 Å². The monoisotopic (exact) mass is 294 g/mol. The van der Waals surface area contributed by atoms with Crippen molar-refractivity contribution in [2.75, 3.05) is 12.9 Å². The number of carbonyl (C=O) groups excluding carboxylic acids is 2. The number of benzene rings is 1. The first-order valence-corrected chi connectivity index (χ1v) is 6.93. The molecule has 1 atom stereocenters. The van der Waals surface area contributed by atoms with Gasteiger partial charge in [0.15, 0.2) is 5.71 Å². The Bertz CT molecular complexity index is 559. The molecule has 2 rings (SSSR count). The minimum atomic E-state index is -0.477. The lowest BCUT2D eigenvalue weighted by molar-refractivity contribution is -0.132. The van der Waals surface area contributed by atoms with Gasteiger partial charge in [0.1, 0.15) is 6.10 Å². The van der Waals surface area contributed by atoms with E-state index in [4.69, 9.17) is 10.6 Å². The summed E-state index contributed by atoms with van der Waals surface area (Å²) in [5.74, 6) is -0.379. The Labute approximate surface area is 120 Å². The molecule has 106 valence electrons. The van der Waals surface area contributed by atoms with Crippen molar-refractivity contribution in [2.45, 2.75) is 17.4 Å². The predicted molar refractivity (Wildman–Crippen MR) is 74.6 cm³/mol. The van der Waals surface area contributed by atoms with Crippen LogP contribution in [0, 0.1) is 0 Å². The van der Waals surface area contributed by atoms with Gasteiger partial charge in [0, 0.05) is 17.1 Å². The second-order valence-corrected chi connectivity index (χ2v) is 5.19. The number of nitrogens with zero attached hydrogens (tertiary/aromatic N) is 1. The second kappa shape index (κ2) is 6.42. The highest BCUT2D eigenvalue weighted by atomic mass is 32.2. The zero-order valence-corrected chi connectivity index (χ0v) is 11.7. The van der Waals surface area contributed by atoms with Crippen molar-refractivity contribution in [2.24, 2.45) is 10.9 Å². The van der Waals surface area contributed by atoms with E-state index in [1.807, 2.05) is 12.1 Å². The molecule has 1 aromatic carbocycles. The maximum atomic E-state index is 11.3. The van der Waals surface area contributed by atoms with E-state index in [0.717, 1.165) is 4.90 Å². The van der Waals surface area contributed by atoms with Crippen LogP contribution in [0.3, 0.4) is 0 Å². The van der Waals surface area contributed by atoms with Crippen molar-refractivity contribution < 1.29 is 19.2 Å². The molecule has 1 heterocycles. The zero-order valence-electron chi connectivity index (χ0n) is 10.9. The van der Waals surface area contributed by atoms with Crippen LogP contribution in [-0.2, 0) is 14.4 Å². The minimum absolute atomic E-state index is 0.213. The third kappa shape index (κ3) is 3.30. The van der Waals surface area contributed by atoms with Crippen molar-refractivity contribution in [3.8, 4) is 0 Å². The molecule has 0 fully saturated rings. The Hall–Kier alpha value is -2.02. The second-order valence-electron chi connectivity index (χ2n) is 4.13. The Morgan fingerprint density at radius 1 is 1.50 bits per heavy atom. The average molecular weight is 294 g/mol. The van der Waals surface area contributed by atoms with E-state index in [2.05, 4.69) is 9.89 Å². The number of hydrogen-bond acceptors (Lipinski definition) is 6. The van der Waals surface area contributed by atoms with Gasteiger partial charge in [-0.15, -0.1) is 11.8 Å². The fraction of sp³-hybridized carbons (Fsp3) is 0.308. The quantitative estimate of drug-likeness (QED) is 0.650. The lowest BCUT2D eigenvalue weighted by atomic mass is 10.2. The van der Waals surface area contributed by atoms with E-state index in [1.54, 1.807) is 12.1 Å². The zero-order chi connectivity index (χ0) is 14.5. The van der Waals surface area contributed by atoms with Crippen LogP contribution in [0.4, 0.5) is 0 Å². The normalized spacial score (nSPS) is 17.2. The van der Waals surface area contributed by atoms with Crippen LogP contribution >= 0.6 is 11.8 Å². The van der Waals surface area contributed by atoms with Gasteiger partial charge in [-0.2, -0.15) is 0 Å². The van der Waals surface area contributed by atoms with Crippen molar-refractivity contribution in [3.63, 3.8) is 0 Å². The largest absolute Gasteiger partial charge is 0.464 e. The summed E-state index contributed by atoms with van der Waals surface area (Å²) in [5.41, 5.74) is 6.07. The van der Waals surface area contributed by atoms with Gasteiger partial charge in [0.05, 0.1) is 12.7 Å². The fourth-order valence-electron chi connectivity index (χ4n) is 1.73. The topological polar surface area (TPSA) is 91.0 Å². The van der Waals surface area contributed by atoms with Gasteiger partial charge in [0.2, 0.25) is 5.91 Å². The highest BCUT2D eigenvalue weighted by molar-refractivity contribution is 7.99. The molecule has 7 heteroatoms. The number of hydrogen-bond donors (Lipinski definition) is 1. The lowest BCUT2D eigenvalue weighted by Gasteiger charge is -2.09. The first-order valence-electron chi connectivity index (χ1n) is 5.94. The molecule has 1 aromatic rings. The third-order valence-corrected chi connectivity index (χ3v) is 3.94. The number of methoxy groups -OCH3 is 1. The van der Waals surface area contributed by atoms with Crippen LogP contribution in [-0.4, -0.2) is 36.6 Å². The molecule has 1 aliphatic rings. The Morgan fingerprint density at radius 2 is 2.25 bits per heavy atom. The van der Waals surface area contributed by atoms with Crippen LogP contribution in [0.15, 0.2) is 34.3 Å². The van der Waals surface area contributed by atoms with Gasteiger partial charge in [-0.3, -0.25) is 4.79 Å². The fourth-order valence-corrected chi connectivity index (χ4v) is 2.78. The van der Waals surface area contributed by atoms with E-state index in [0.29, 0.717) is 17.7 Å². The van der Waals surface area contributed by atoms with Crippen molar-refractivity contribution in [1.82, 2.24) is 0 Å². The lowest BCUT2D eigenvalue weighted by Crippen LogP contribution is -2.18. The highest BCUT2D eigenvalue weighted by Crippen LogP contribution is 2.26. The van der Waals surface area contributed by atoms with Crippen molar-refractivity contribution >= 4 is 29.4 Å². The number of primary amides is 1. The number of ether oxygens (including phenoxy) is 1. The molecule has 0 aromatic heterocycles. The van der Waals surface area contributed by atoms with Crippen LogP contribution in [0.25, 0.3) is 0 Å². The van der Waals surface area contributed by atoms with Crippen LogP contribution in [0.2, 0.25) is 0 Å². The standard InChI is InChI=1S/C13H14N2O4S/c1-18-13(17)10-6-8(19-15-10)7-20-11-5-3-2-4-9(11)12(14)16/h2-5,8H,6-7H2,1H3,(H2,14,16). The highest BCUT2D eigenvalue weighted by Gasteiger charge is 2.27. The Balaban J connectivity index is 1.92. The summed E-state index contributed by atoms with van der Waals surface area (Å²) in [4.78, 5) is 28.5. The molecule has 0 saturated heterocycles. The van der Waals surface area contributed by atoms with Crippen molar-refractivity contribution in [3.05, 3.63) is 29.8 Å². The molecule has 1 aliphatic heterocycles. The molecule has 2 N–H and O–H groups in total. The first kappa shape index (κ1) is 14.4.